The molecular formula is C18H21BrN2. The van der Waals surface area contributed by atoms with E-state index in [9.17, 15) is 0 Å². The van der Waals surface area contributed by atoms with E-state index in [2.05, 4.69) is 77.0 Å². The van der Waals surface area contributed by atoms with Gasteiger partial charge in [0.15, 0.2) is 18.9 Å². The minimum atomic E-state index is 0. The minimum Gasteiger partial charge on any atom is -1.00 e. The quantitative estimate of drug-likeness (QED) is 0.562. The number of allylic oxidation sites excluding steroid dienone is 1. The Morgan fingerprint density at radius 1 is 0.952 bits per heavy atom. The largest absolute Gasteiger partial charge is 1.00 e. The van der Waals surface area contributed by atoms with Gasteiger partial charge in [0.25, 0.3) is 0 Å². The number of hydrogen-bond donors (Lipinski definition) is 0. The van der Waals surface area contributed by atoms with Crippen molar-refractivity contribution in [2.24, 2.45) is 0 Å². The molecule has 0 bridgehead atoms. The molecule has 0 N–H and O–H groups in total. The molecule has 2 nitrogen and oxygen atoms in total. The Morgan fingerprint density at radius 3 is 1.95 bits per heavy atom. The van der Waals surface area contributed by atoms with Crippen molar-refractivity contribution in [1.29, 1.82) is 0 Å². The third kappa shape index (κ3) is 5.20. The van der Waals surface area contributed by atoms with Gasteiger partial charge in [-0.25, -0.2) is 4.57 Å². The molecule has 0 aliphatic carbocycles. The van der Waals surface area contributed by atoms with E-state index in [0.717, 1.165) is 6.54 Å². The Morgan fingerprint density at radius 2 is 1.48 bits per heavy atom. The van der Waals surface area contributed by atoms with Gasteiger partial charge in [0, 0.05) is 31.9 Å². The summed E-state index contributed by atoms with van der Waals surface area (Å²) in [5.41, 5.74) is 3.62. The smallest absolute Gasteiger partial charge is 0.169 e. The molecule has 0 radical (unpaired) electrons. The van der Waals surface area contributed by atoms with E-state index in [1.165, 1.54) is 16.8 Å². The Bertz CT molecular complexity index is 584. The molecule has 2 rings (SSSR count). The van der Waals surface area contributed by atoms with Crippen molar-refractivity contribution in [2.75, 3.05) is 19.0 Å². The number of nitrogens with zero attached hydrogens (tertiary/aromatic N) is 2. The fourth-order valence-corrected chi connectivity index (χ4v) is 1.93. The highest BCUT2D eigenvalue weighted by Gasteiger charge is 1.96. The highest BCUT2D eigenvalue weighted by Crippen LogP contribution is 2.14. The van der Waals surface area contributed by atoms with E-state index in [0.29, 0.717) is 0 Å². The van der Waals surface area contributed by atoms with E-state index in [1.807, 2.05) is 20.2 Å². The van der Waals surface area contributed by atoms with Gasteiger partial charge in [0.1, 0.15) is 0 Å². The summed E-state index contributed by atoms with van der Waals surface area (Å²) in [5.74, 6) is 0. The van der Waals surface area contributed by atoms with Gasteiger partial charge in [-0.3, -0.25) is 0 Å². The first-order valence-corrected chi connectivity index (χ1v) is 6.74. The molecule has 1 aromatic heterocycles. The van der Waals surface area contributed by atoms with Crippen molar-refractivity contribution in [2.45, 2.75) is 6.54 Å². The molecule has 0 fully saturated rings. The van der Waals surface area contributed by atoms with Gasteiger partial charge in [0.05, 0.1) is 0 Å². The normalized spacial score (nSPS) is 10.2. The van der Waals surface area contributed by atoms with E-state index >= 15 is 0 Å². The Hall–Kier alpha value is -1.87. The predicted molar refractivity (Wildman–Crippen MR) is 86.5 cm³/mol. The average molecular weight is 345 g/mol. The maximum atomic E-state index is 3.74. The Labute approximate surface area is 137 Å². The number of rotatable bonds is 5. The number of pyridine rings is 1. The van der Waals surface area contributed by atoms with Crippen molar-refractivity contribution >= 4 is 17.8 Å². The first-order valence-electron chi connectivity index (χ1n) is 6.74. The second-order valence-electron chi connectivity index (χ2n) is 4.94. The number of benzene rings is 1. The molecular weight excluding hydrogens is 324 g/mol. The van der Waals surface area contributed by atoms with Crippen LogP contribution < -0.4 is 26.4 Å². The van der Waals surface area contributed by atoms with Crippen molar-refractivity contribution in [3.63, 3.8) is 0 Å². The monoisotopic (exact) mass is 344 g/mol. The van der Waals surface area contributed by atoms with Crippen LogP contribution in [0, 0.1) is 0 Å². The third-order valence-electron chi connectivity index (χ3n) is 3.13. The molecule has 0 atom stereocenters. The summed E-state index contributed by atoms with van der Waals surface area (Å²) < 4.78 is 2.09. The second kappa shape index (κ2) is 8.42. The zero-order chi connectivity index (χ0) is 14.4. The fourth-order valence-electron chi connectivity index (χ4n) is 1.93. The second-order valence-corrected chi connectivity index (χ2v) is 4.94. The highest BCUT2D eigenvalue weighted by atomic mass is 79.9. The minimum absolute atomic E-state index is 0. The molecule has 2 aromatic rings. The van der Waals surface area contributed by atoms with Crippen molar-refractivity contribution in [3.05, 3.63) is 72.6 Å². The molecule has 110 valence electrons. The molecule has 1 heterocycles. The summed E-state index contributed by atoms with van der Waals surface area (Å²) in [5, 5.41) is 0. The first-order chi connectivity index (χ1) is 9.69. The van der Waals surface area contributed by atoms with E-state index in [4.69, 9.17) is 0 Å². The molecule has 3 heteroatoms. The number of aromatic nitrogens is 1. The number of anilines is 1. The summed E-state index contributed by atoms with van der Waals surface area (Å²) in [7, 11) is 4.10. The molecule has 0 saturated heterocycles. The van der Waals surface area contributed by atoms with Crippen LogP contribution in [-0.2, 0) is 6.54 Å². The fraction of sp³-hybridized carbons (Fsp3) is 0.167. The standard InChI is InChI=1S/C18H21N2.BrH/c1-4-13-20-14-11-17(12-15-20)6-5-16-7-9-18(10-8-16)19(2)3;/h4-12,14-15H,1,13H2,2-3H3;1H/q+1;/p-1. The van der Waals surface area contributed by atoms with Crippen LogP contribution in [0.5, 0.6) is 0 Å². The SMILES string of the molecule is C=CC[n+]1ccc(C=Cc2ccc(N(C)C)cc2)cc1.[Br-]. The lowest BCUT2D eigenvalue weighted by molar-refractivity contribution is -0.687. The number of hydrogen-bond acceptors (Lipinski definition) is 1. The van der Waals surface area contributed by atoms with Gasteiger partial charge in [-0.1, -0.05) is 30.9 Å². The lowest BCUT2D eigenvalue weighted by Gasteiger charge is -2.11. The topological polar surface area (TPSA) is 7.12 Å². The molecule has 1 aromatic carbocycles. The molecule has 0 aliphatic rings. The summed E-state index contributed by atoms with van der Waals surface area (Å²) >= 11 is 0. The lowest BCUT2D eigenvalue weighted by Crippen LogP contribution is -3.00. The van der Waals surface area contributed by atoms with Crippen LogP contribution in [0.25, 0.3) is 12.2 Å². The summed E-state index contributed by atoms with van der Waals surface area (Å²) in [6.45, 7) is 4.58. The maximum absolute atomic E-state index is 3.74. The number of halogens is 1. The van der Waals surface area contributed by atoms with Crippen molar-refractivity contribution < 1.29 is 21.5 Å². The van der Waals surface area contributed by atoms with Crippen molar-refractivity contribution in [3.8, 4) is 0 Å². The van der Waals surface area contributed by atoms with Gasteiger partial charge in [-0.15, -0.1) is 0 Å². The van der Waals surface area contributed by atoms with Crippen LogP contribution in [0.1, 0.15) is 11.1 Å². The van der Waals surface area contributed by atoms with Crippen LogP contribution in [-0.4, -0.2) is 14.1 Å². The maximum Gasteiger partial charge on any atom is 0.169 e. The predicted octanol–water partition coefficient (Wildman–Crippen LogP) is 0.401. The van der Waals surface area contributed by atoms with Gasteiger partial charge in [-0.05, 0) is 29.3 Å². The van der Waals surface area contributed by atoms with E-state index in [-0.39, 0.29) is 17.0 Å². The zero-order valence-corrected chi connectivity index (χ0v) is 14.1. The van der Waals surface area contributed by atoms with Gasteiger partial charge in [0.2, 0.25) is 0 Å². The van der Waals surface area contributed by atoms with Gasteiger partial charge < -0.3 is 21.9 Å². The van der Waals surface area contributed by atoms with Crippen LogP contribution in [0.2, 0.25) is 0 Å². The van der Waals surface area contributed by atoms with E-state index in [1.54, 1.807) is 0 Å². The summed E-state index contributed by atoms with van der Waals surface area (Å²) in [4.78, 5) is 2.10. The summed E-state index contributed by atoms with van der Waals surface area (Å²) in [6, 6.07) is 12.7. The molecule has 0 aliphatic heterocycles. The average Bonchev–Trinajstić information content (AvgIpc) is 2.47. The molecule has 0 spiro atoms. The third-order valence-corrected chi connectivity index (χ3v) is 3.13. The van der Waals surface area contributed by atoms with Crippen LogP contribution in [0.4, 0.5) is 5.69 Å². The highest BCUT2D eigenvalue weighted by molar-refractivity contribution is 5.70. The van der Waals surface area contributed by atoms with E-state index < -0.39 is 0 Å². The van der Waals surface area contributed by atoms with Crippen LogP contribution in [0.3, 0.4) is 0 Å². The van der Waals surface area contributed by atoms with Crippen LogP contribution >= 0.6 is 0 Å². The molecule has 21 heavy (non-hydrogen) atoms. The Kier molecular flexibility index (Phi) is 6.89. The summed E-state index contributed by atoms with van der Waals surface area (Å²) in [6.07, 6.45) is 10.3. The van der Waals surface area contributed by atoms with Crippen molar-refractivity contribution in [1.82, 2.24) is 0 Å². The first kappa shape index (κ1) is 17.2. The lowest BCUT2D eigenvalue weighted by atomic mass is 10.1. The van der Waals surface area contributed by atoms with Gasteiger partial charge >= 0.3 is 0 Å². The zero-order valence-electron chi connectivity index (χ0n) is 12.5. The molecule has 0 unspecified atom stereocenters. The van der Waals surface area contributed by atoms with Gasteiger partial charge in [-0.2, -0.15) is 0 Å². The Balaban J connectivity index is 0.00000220. The van der Waals surface area contributed by atoms with Crippen LogP contribution in [0.15, 0.2) is 61.4 Å². The molecule has 0 amide bonds. The molecule has 0 saturated carbocycles.